The first-order chi connectivity index (χ1) is 11.3. The highest BCUT2D eigenvalue weighted by Crippen LogP contribution is 2.36. The Hall–Kier alpha value is -2.36. The Bertz CT molecular complexity index is 950. The number of para-hydroxylation sites is 1. The summed E-state index contributed by atoms with van der Waals surface area (Å²) >= 11 is 0. The van der Waals surface area contributed by atoms with Crippen LogP contribution in [0.1, 0.15) is 23.7 Å². The molecule has 0 aliphatic rings. The van der Waals surface area contributed by atoms with Gasteiger partial charge in [0.15, 0.2) is 0 Å². The third-order valence-corrected chi connectivity index (χ3v) is 4.76. The van der Waals surface area contributed by atoms with E-state index in [4.69, 9.17) is 0 Å². The van der Waals surface area contributed by atoms with E-state index in [-0.39, 0.29) is 13.2 Å². The second kappa shape index (κ2) is 5.37. The van der Waals surface area contributed by atoms with Gasteiger partial charge in [-0.1, -0.05) is 49.4 Å². The Morgan fingerprint density at radius 3 is 2.04 bits per heavy atom. The Balaban J connectivity index is 2.41. The van der Waals surface area contributed by atoms with E-state index in [0.717, 1.165) is 39.7 Å². The highest BCUT2D eigenvalue weighted by Gasteiger charge is 2.20. The molecule has 4 rings (SSSR count). The van der Waals surface area contributed by atoms with Crippen molar-refractivity contribution in [1.29, 1.82) is 0 Å². The molecule has 0 saturated heterocycles. The van der Waals surface area contributed by atoms with Gasteiger partial charge in [-0.25, -0.2) is 0 Å². The number of aromatic nitrogens is 1. The van der Waals surface area contributed by atoms with E-state index in [1.54, 1.807) is 0 Å². The van der Waals surface area contributed by atoms with Gasteiger partial charge in [0.25, 0.3) is 0 Å². The highest BCUT2D eigenvalue weighted by molar-refractivity contribution is 6.13. The van der Waals surface area contributed by atoms with Crippen LogP contribution in [0.3, 0.4) is 0 Å². The summed E-state index contributed by atoms with van der Waals surface area (Å²) in [4.78, 5) is 0. The van der Waals surface area contributed by atoms with Crippen molar-refractivity contribution in [1.82, 2.24) is 4.40 Å². The maximum absolute atomic E-state index is 9.96. The minimum absolute atomic E-state index is 0.0522. The van der Waals surface area contributed by atoms with Crippen molar-refractivity contribution in [2.24, 2.45) is 0 Å². The summed E-state index contributed by atoms with van der Waals surface area (Å²) in [6.07, 6.45) is 0.805. The van der Waals surface area contributed by atoms with Gasteiger partial charge in [0.2, 0.25) is 0 Å². The molecule has 0 aliphatic carbocycles. The number of aliphatic hydroxyl groups is 2. The average molecular weight is 305 g/mol. The van der Waals surface area contributed by atoms with E-state index in [1.165, 1.54) is 10.8 Å². The predicted molar refractivity (Wildman–Crippen MR) is 93.6 cm³/mol. The third-order valence-electron chi connectivity index (χ3n) is 4.76. The van der Waals surface area contributed by atoms with Gasteiger partial charge in [0.1, 0.15) is 0 Å². The monoisotopic (exact) mass is 305 g/mol. The Morgan fingerprint density at radius 1 is 0.783 bits per heavy atom. The van der Waals surface area contributed by atoms with Crippen LogP contribution >= 0.6 is 0 Å². The van der Waals surface area contributed by atoms with Crippen molar-refractivity contribution in [2.75, 3.05) is 0 Å². The molecule has 0 saturated carbocycles. The van der Waals surface area contributed by atoms with Gasteiger partial charge in [-0.15, -0.1) is 0 Å². The summed E-state index contributed by atoms with van der Waals surface area (Å²) < 4.78 is 2.22. The molecule has 3 heteroatoms. The summed E-state index contributed by atoms with van der Waals surface area (Å²) in [6.45, 7) is 1.97. The lowest BCUT2D eigenvalue weighted by Crippen LogP contribution is -1.97. The van der Waals surface area contributed by atoms with Crippen LogP contribution in [-0.4, -0.2) is 14.6 Å². The number of nitrogens with zero attached hydrogens (tertiary/aromatic N) is 1. The van der Waals surface area contributed by atoms with Crippen molar-refractivity contribution in [2.45, 2.75) is 26.6 Å². The van der Waals surface area contributed by atoms with Crippen LogP contribution < -0.4 is 0 Å². The summed E-state index contributed by atoms with van der Waals surface area (Å²) in [6, 6.07) is 16.6. The van der Waals surface area contributed by atoms with Crippen LogP contribution in [0.5, 0.6) is 0 Å². The molecule has 116 valence electrons. The molecule has 0 fully saturated rings. The van der Waals surface area contributed by atoms with Gasteiger partial charge in [0.05, 0.1) is 24.2 Å². The molecule has 2 aromatic heterocycles. The molecule has 23 heavy (non-hydrogen) atoms. The maximum atomic E-state index is 9.96. The molecule has 0 amide bonds. The molecule has 0 radical (unpaired) electrons. The highest BCUT2D eigenvalue weighted by atomic mass is 16.3. The number of rotatable bonds is 3. The zero-order valence-corrected chi connectivity index (χ0v) is 13.1. The second-order valence-corrected chi connectivity index (χ2v) is 5.82. The zero-order chi connectivity index (χ0) is 16.0. The van der Waals surface area contributed by atoms with Crippen LogP contribution in [0.4, 0.5) is 0 Å². The fourth-order valence-electron chi connectivity index (χ4n) is 3.82. The van der Waals surface area contributed by atoms with E-state index in [1.807, 2.05) is 18.2 Å². The second-order valence-electron chi connectivity index (χ2n) is 5.82. The van der Waals surface area contributed by atoms with Gasteiger partial charge < -0.3 is 14.6 Å². The Morgan fingerprint density at radius 2 is 1.39 bits per heavy atom. The summed E-state index contributed by atoms with van der Waals surface area (Å²) in [5.41, 5.74) is 4.91. The molecule has 2 aromatic carbocycles. The molecular weight excluding hydrogens is 286 g/mol. The molecular formula is C20H19NO2. The number of pyridine rings is 1. The molecule has 2 N–H and O–H groups in total. The topological polar surface area (TPSA) is 44.9 Å². The van der Waals surface area contributed by atoms with E-state index < -0.39 is 0 Å². The molecule has 0 unspecified atom stereocenters. The van der Waals surface area contributed by atoms with Gasteiger partial charge >= 0.3 is 0 Å². The summed E-state index contributed by atoms with van der Waals surface area (Å²) in [5, 5.41) is 23.3. The van der Waals surface area contributed by atoms with Gasteiger partial charge in [-0.2, -0.15) is 0 Å². The third kappa shape index (κ3) is 1.84. The molecule has 0 spiro atoms. The normalized spacial score (nSPS) is 11.8. The summed E-state index contributed by atoms with van der Waals surface area (Å²) in [5.74, 6) is 0. The van der Waals surface area contributed by atoms with Crippen LogP contribution in [0.25, 0.3) is 27.2 Å². The smallest absolute Gasteiger partial charge is 0.0706 e. The molecule has 2 heterocycles. The van der Waals surface area contributed by atoms with Crippen molar-refractivity contribution in [3.05, 3.63) is 65.4 Å². The van der Waals surface area contributed by atoms with Gasteiger partial charge in [-0.05, 0) is 17.9 Å². The van der Waals surface area contributed by atoms with Crippen LogP contribution in [-0.2, 0) is 19.6 Å². The minimum Gasteiger partial charge on any atom is -0.392 e. The Kier molecular flexibility index (Phi) is 3.33. The molecule has 0 aliphatic heterocycles. The largest absolute Gasteiger partial charge is 0.392 e. The lowest BCUT2D eigenvalue weighted by atomic mass is 10.0. The van der Waals surface area contributed by atoms with E-state index in [9.17, 15) is 10.2 Å². The molecule has 0 atom stereocenters. The quantitative estimate of drug-likeness (QED) is 0.566. The number of fused-ring (bicyclic) bond motifs is 6. The van der Waals surface area contributed by atoms with Crippen LogP contribution in [0.15, 0.2) is 48.5 Å². The SMILES string of the molecule is CCc1c(CO)c(CO)c2c3ccccc3c3ccccc3n12. The van der Waals surface area contributed by atoms with E-state index in [2.05, 4.69) is 41.7 Å². The molecule has 0 bridgehead atoms. The lowest BCUT2D eigenvalue weighted by Gasteiger charge is -2.11. The van der Waals surface area contributed by atoms with Crippen molar-refractivity contribution in [3.8, 4) is 0 Å². The first-order valence-electron chi connectivity index (χ1n) is 7.98. The Labute approximate surface area is 134 Å². The number of hydrogen-bond acceptors (Lipinski definition) is 2. The first-order valence-corrected chi connectivity index (χ1v) is 7.98. The minimum atomic E-state index is -0.0677. The fraction of sp³-hybridized carbons (Fsp3) is 0.200. The lowest BCUT2D eigenvalue weighted by molar-refractivity contribution is 0.261. The fourth-order valence-corrected chi connectivity index (χ4v) is 3.82. The van der Waals surface area contributed by atoms with Crippen molar-refractivity contribution >= 4 is 27.2 Å². The van der Waals surface area contributed by atoms with Crippen LogP contribution in [0, 0.1) is 0 Å². The standard InChI is InChI=1S/C20H19NO2/c1-2-18-16(11-22)17(12-23)20-15-9-4-3-7-13(15)14-8-5-6-10-19(14)21(18)20/h3-10,22-23H,2,11-12H2,1H3. The zero-order valence-electron chi connectivity index (χ0n) is 13.1. The number of aliphatic hydroxyl groups excluding tert-OH is 2. The first kappa shape index (κ1) is 14.2. The van der Waals surface area contributed by atoms with E-state index in [0.29, 0.717) is 0 Å². The summed E-state index contributed by atoms with van der Waals surface area (Å²) in [7, 11) is 0. The van der Waals surface area contributed by atoms with Crippen molar-refractivity contribution in [3.63, 3.8) is 0 Å². The van der Waals surface area contributed by atoms with E-state index >= 15 is 0 Å². The van der Waals surface area contributed by atoms with Gasteiger partial charge in [0, 0.05) is 27.6 Å². The maximum Gasteiger partial charge on any atom is 0.0706 e. The molecule has 3 nitrogen and oxygen atoms in total. The van der Waals surface area contributed by atoms with Crippen LogP contribution in [0.2, 0.25) is 0 Å². The number of aryl methyl sites for hydroxylation is 1. The molecule has 4 aromatic rings. The van der Waals surface area contributed by atoms with Crippen molar-refractivity contribution < 1.29 is 10.2 Å². The number of benzene rings is 2. The number of hydrogen-bond donors (Lipinski definition) is 2. The van der Waals surface area contributed by atoms with Gasteiger partial charge in [-0.3, -0.25) is 0 Å². The average Bonchev–Trinajstić information content (AvgIpc) is 2.95. The predicted octanol–water partition coefficient (Wildman–Crippen LogP) is 3.79.